The molecule has 0 aliphatic heterocycles. The van der Waals surface area contributed by atoms with Crippen molar-refractivity contribution >= 4 is 5.91 Å². The standard InChI is InChI=1S/C15H20N2O2/c1-12(2)6-3-10-17-15(19)14-13(8-5-11-18)7-4-9-16-14/h4,7,9,12,18H,3,6,10-11H2,1-2H3,(H,17,19). The maximum atomic E-state index is 12.0. The zero-order valence-corrected chi connectivity index (χ0v) is 11.4. The van der Waals surface area contributed by atoms with Crippen LogP contribution in [-0.4, -0.2) is 29.1 Å². The van der Waals surface area contributed by atoms with Gasteiger partial charge >= 0.3 is 0 Å². The number of aliphatic hydroxyl groups excluding tert-OH is 1. The van der Waals surface area contributed by atoms with Gasteiger partial charge in [-0.25, -0.2) is 4.98 Å². The van der Waals surface area contributed by atoms with Gasteiger partial charge in [0.05, 0.1) is 5.56 Å². The van der Waals surface area contributed by atoms with Crippen LogP contribution >= 0.6 is 0 Å². The minimum Gasteiger partial charge on any atom is -0.384 e. The molecule has 0 saturated heterocycles. The maximum Gasteiger partial charge on any atom is 0.271 e. The molecule has 1 aromatic heterocycles. The number of hydrogen-bond donors (Lipinski definition) is 2. The van der Waals surface area contributed by atoms with E-state index in [-0.39, 0.29) is 12.5 Å². The lowest BCUT2D eigenvalue weighted by Gasteiger charge is -2.07. The van der Waals surface area contributed by atoms with Crippen LogP contribution < -0.4 is 5.32 Å². The molecule has 4 nitrogen and oxygen atoms in total. The van der Waals surface area contributed by atoms with Crippen molar-refractivity contribution in [1.82, 2.24) is 10.3 Å². The van der Waals surface area contributed by atoms with Gasteiger partial charge in [0.25, 0.3) is 5.91 Å². The number of aliphatic hydroxyl groups is 1. The van der Waals surface area contributed by atoms with Gasteiger partial charge in [0.2, 0.25) is 0 Å². The molecule has 0 aliphatic carbocycles. The highest BCUT2D eigenvalue weighted by molar-refractivity contribution is 5.94. The van der Waals surface area contributed by atoms with E-state index in [1.165, 1.54) is 0 Å². The Morgan fingerprint density at radius 1 is 1.53 bits per heavy atom. The fraction of sp³-hybridized carbons (Fsp3) is 0.467. The second-order valence-electron chi connectivity index (χ2n) is 4.65. The Balaban J connectivity index is 2.61. The lowest BCUT2D eigenvalue weighted by Crippen LogP contribution is -2.26. The summed E-state index contributed by atoms with van der Waals surface area (Å²) < 4.78 is 0. The smallest absolute Gasteiger partial charge is 0.271 e. The van der Waals surface area contributed by atoms with Crippen molar-refractivity contribution in [2.75, 3.05) is 13.2 Å². The molecule has 0 aromatic carbocycles. The molecule has 2 N–H and O–H groups in total. The van der Waals surface area contributed by atoms with Crippen molar-refractivity contribution in [3.8, 4) is 11.8 Å². The predicted octanol–water partition coefficient (Wildman–Crippen LogP) is 1.59. The van der Waals surface area contributed by atoms with E-state index in [1.807, 2.05) is 0 Å². The Morgan fingerprint density at radius 3 is 3.00 bits per heavy atom. The Labute approximate surface area is 114 Å². The summed E-state index contributed by atoms with van der Waals surface area (Å²) in [6, 6.07) is 3.44. The van der Waals surface area contributed by atoms with Crippen molar-refractivity contribution in [2.45, 2.75) is 26.7 Å². The summed E-state index contributed by atoms with van der Waals surface area (Å²) in [4.78, 5) is 16.0. The lowest BCUT2D eigenvalue weighted by molar-refractivity contribution is 0.0947. The van der Waals surface area contributed by atoms with Crippen LogP contribution in [0, 0.1) is 17.8 Å². The van der Waals surface area contributed by atoms with E-state index < -0.39 is 0 Å². The number of aromatic nitrogens is 1. The molecular weight excluding hydrogens is 240 g/mol. The molecule has 0 spiro atoms. The molecule has 0 saturated carbocycles. The number of hydrogen-bond acceptors (Lipinski definition) is 3. The molecule has 1 amide bonds. The van der Waals surface area contributed by atoms with Gasteiger partial charge in [0, 0.05) is 12.7 Å². The molecule has 0 radical (unpaired) electrons. The van der Waals surface area contributed by atoms with Crippen molar-refractivity contribution in [1.29, 1.82) is 0 Å². The molecule has 1 rings (SSSR count). The Kier molecular flexibility index (Phi) is 6.62. The summed E-state index contributed by atoms with van der Waals surface area (Å²) in [5.41, 5.74) is 0.853. The van der Waals surface area contributed by atoms with E-state index in [2.05, 4.69) is 36.0 Å². The van der Waals surface area contributed by atoms with Crippen molar-refractivity contribution in [3.05, 3.63) is 29.6 Å². The van der Waals surface area contributed by atoms with Crippen molar-refractivity contribution in [2.24, 2.45) is 5.92 Å². The quantitative estimate of drug-likeness (QED) is 0.624. The van der Waals surface area contributed by atoms with Gasteiger partial charge in [-0.3, -0.25) is 4.79 Å². The largest absolute Gasteiger partial charge is 0.384 e. The van der Waals surface area contributed by atoms with E-state index in [4.69, 9.17) is 5.11 Å². The molecule has 0 aliphatic rings. The van der Waals surface area contributed by atoms with Crippen LogP contribution in [0.1, 0.15) is 42.7 Å². The van der Waals surface area contributed by atoms with Crippen LogP contribution in [0.5, 0.6) is 0 Å². The van der Waals surface area contributed by atoms with Crippen molar-refractivity contribution in [3.63, 3.8) is 0 Å². The highest BCUT2D eigenvalue weighted by Crippen LogP contribution is 2.05. The molecule has 4 heteroatoms. The Hall–Kier alpha value is -1.86. The molecular formula is C15H20N2O2. The summed E-state index contributed by atoms with van der Waals surface area (Å²) in [5, 5.41) is 11.5. The number of pyridine rings is 1. The van der Waals surface area contributed by atoms with Gasteiger partial charge in [-0.1, -0.05) is 25.7 Å². The molecule has 19 heavy (non-hydrogen) atoms. The molecule has 0 unspecified atom stereocenters. The predicted molar refractivity (Wildman–Crippen MR) is 74.6 cm³/mol. The number of nitrogens with zero attached hydrogens (tertiary/aromatic N) is 1. The second kappa shape index (κ2) is 8.28. The zero-order valence-electron chi connectivity index (χ0n) is 11.4. The first kappa shape index (κ1) is 15.2. The van der Waals surface area contributed by atoms with Crippen LogP contribution in [0.2, 0.25) is 0 Å². The minimum atomic E-state index is -0.232. The summed E-state index contributed by atoms with van der Waals surface area (Å²) >= 11 is 0. The first-order valence-corrected chi connectivity index (χ1v) is 6.48. The van der Waals surface area contributed by atoms with E-state index in [9.17, 15) is 4.79 Å². The fourth-order valence-electron chi connectivity index (χ4n) is 1.62. The highest BCUT2D eigenvalue weighted by Gasteiger charge is 2.10. The average molecular weight is 260 g/mol. The van der Waals surface area contributed by atoms with Crippen LogP contribution in [0.4, 0.5) is 0 Å². The third-order valence-electron chi connectivity index (χ3n) is 2.57. The van der Waals surface area contributed by atoms with Crippen molar-refractivity contribution < 1.29 is 9.90 Å². The summed E-state index contributed by atoms with van der Waals surface area (Å²) in [7, 11) is 0. The maximum absolute atomic E-state index is 12.0. The minimum absolute atomic E-state index is 0.216. The summed E-state index contributed by atoms with van der Waals surface area (Å²) in [6.45, 7) is 4.72. The number of carbonyl (C=O) groups is 1. The van der Waals surface area contributed by atoms with E-state index in [0.717, 1.165) is 12.8 Å². The number of carbonyl (C=O) groups excluding carboxylic acids is 1. The molecule has 102 valence electrons. The lowest BCUT2D eigenvalue weighted by atomic mass is 10.1. The van der Waals surface area contributed by atoms with Gasteiger partial charge in [-0.15, -0.1) is 0 Å². The SMILES string of the molecule is CC(C)CCCNC(=O)c1ncccc1C#CCO. The highest BCUT2D eigenvalue weighted by atomic mass is 16.2. The first-order chi connectivity index (χ1) is 9.15. The van der Waals surface area contributed by atoms with Crippen LogP contribution in [0.15, 0.2) is 18.3 Å². The zero-order chi connectivity index (χ0) is 14.1. The van der Waals surface area contributed by atoms with Gasteiger partial charge < -0.3 is 10.4 Å². The van der Waals surface area contributed by atoms with E-state index in [0.29, 0.717) is 23.7 Å². The van der Waals surface area contributed by atoms with Crippen LogP contribution in [-0.2, 0) is 0 Å². The van der Waals surface area contributed by atoms with E-state index in [1.54, 1.807) is 18.3 Å². The van der Waals surface area contributed by atoms with Gasteiger partial charge in [-0.05, 0) is 30.9 Å². The Morgan fingerprint density at radius 2 is 2.32 bits per heavy atom. The van der Waals surface area contributed by atoms with E-state index >= 15 is 0 Å². The third kappa shape index (κ3) is 5.54. The topological polar surface area (TPSA) is 62.2 Å². The second-order valence-corrected chi connectivity index (χ2v) is 4.65. The Bertz CT molecular complexity index is 473. The van der Waals surface area contributed by atoms with Gasteiger partial charge in [-0.2, -0.15) is 0 Å². The number of rotatable bonds is 5. The molecule has 0 fully saturated rings. The molecule has 1 aromatic rings. The summed E-state index contributed by atoms with van der Waals surface area (Å²) in [6.07, 6.45) is 3.60. The number of nitrogens with one attached hydrogen (secondary N) is 1. The number of amides is 1. The monoisotopic (exact) mass is 260 g/mol. The van der Waals surface area contributed by atoms with Crippen LogP contribution in [0.3, 0.4) is 0 Å². The third-order valence-corrected chi connectivity index (χ3v) is 2.57. The average Bonchev–Trinajstić information content (AvgIpc) is 2.41. The van der Waals surface area contributed by atoms with Gasteiger partial charge in [0.15, 0.2) is 0 Å². The first-order valence-electron chi connectivity index (χ1n) is 6.48. The normalized spacial score (nSPS) is 9.89. The van der Waals surface area contributed by atoms with Gasteiger partial charge in [0.1, 0.15) is 12.3 Å². The fourth-order valence-corrected chi connectivity index (χ4v) is 1.62. The molecule has 1 heterocycles. The van der Waals surface area contributed by atoms with Crippen LogP contribution in [0.25, 0.3) is 0 Å². The molecule has 0 bridgehead atoms. The summed E-state index contributed by atoms with van der Waals surface area (Å²) in [5.74, 6) is 5.68. The molecule has 0 atom stereocenters.